The van der Waals surface area contributed by atoms with Crippen LogP contribution in [0, 0.1) is 12.8 Å². The number of amides is 4. The van der Waals surface area contributed by atoms with Crippen molar-refractivity contribution >= 4 is 34.8 Å². The van der Waals surface area contributed by atoms with E-state index in [1.807, 2.05) is 31.2 Å². The number of fused-ring (bicyclic) bond motifs is 2. The van der Waals surface area contributed by atoms with Crippen molar-refractivity contribution in [3.8, 4) is 0 Å². The highest BCUT2D eigenvalue weighted by Gasteiger charge is 2.61. The molecule has 41 heavy (non-hydrogen) atoms. The summed E-state index contributed by atoms with van der Waals surface area (Å²) in [6.45, 7) is 7.57. The lowest BCUT2D eigenvalue weighted by Gasteiger charge is -2.30. The third kappa shape index (κ3) is 7.75. The third-order valence-corrected chi connectivity index (χ3v) is 8.82. The highest BCUT2D eigenvalue weighted by atomic mass is 32.2. The summed E-state index contributed by atoms with van der Waals surface area (Å²) in [5.74, 6) is -1.50. The second kappa shape index (κ2) is 12.8. The van der Waals surface area contributed by atoms with Gasteiger partial charge in [-0.15, -0.1) is 0 Å². The highest BCUT2D eigenvalue weighted by molar-refractivity contribution is 7.83. The Morgan fingerprint density at radius 2 is 1.80 bits per heavy atom. The Labute approximate surface area is 244 Å². The van der Waals surface area contributed by atoms with Gasteiger partial charge in [0.2, 0.25) is 11.8 Å². The molecular weight excluding hydrogens is 544 g/mol. The molecule has 1 saturated carbocycles. The number of carbonyl (C=O) groups is 4. The van der Waals surface area contributed by atoms with Crippen LogP contribution in [-0.4, -0.2) is 62.7 Å². The molecule has 1 aliphatic carbocycles. The number of hydrogen-bond donors (Lipinski definition) is 3. The topological polar surface area (TPSA) is 134 Å². The summed E-state index contributed by atoms with van der Waals surface area (Å²) in [6.07, 6.45) is 8.45. The van der Waals surface area contributed by atoms with Gasteiger partial charge in [0.1, 0.15) is 23.2 Å². The maximum Gasteiger partial charge on any atom is 0.408 e. The number of nitrogens with one attached hydrogen (secondary N) is 3. The van der Waals surface area contributed by atoms with Gasteiger partial charge in [0.25, 0.3) is 5.91 Å². The monoisotopic (exact) mass is 586 g/mol. The van der Waals surface area contributed by atoms with Crippen molar-refractivity contribution in [1.29, 1.82) is 0 Å². The molecule has 0 radical (unpaired) electrons. The summed E-state index contributed by atoms with van der Waals surface area (Å²) < 4.78 is 20.9. The minimum Gasteiger partial charge on any atom is -0.444 e. The van der Waals surface area contributed by atoms with Gasteiger partial charge in [0.05, 0.1) is 4.90 Å². The van der Waals surface area contributed by atoms with Crippen LogP contribution in [0.25, 0.3) is 0 Å². The van der Waals surface area contributed by atoms with E-state index >= 15 is 0 Å². The Hall–Kier alpha value is -3.21. The van der Waals surface area contributed by atoms with E-state index in [4.69, 9.17) is 4.74 Å². The molecule has 2 aliphatic heterocycles. The van der Waals surface area contributed by atoms with Crippen molar-refractivity contribution in [2.75, 3.05) is 6.54 Å². The maximum atomic E-state index is 13.7. The normalized spacial score (nSPS) is 28.6. The number of carbonyl (C=O) groups excluding carboxylic acids is 4. The van der Waals surface area contributed by atoms with Crippen molar-refractivity contribution in [3.05, 3.63) is 42.0 Å². The first-order valence-corrected chi connectivity index (χ1v) is 15.6. The van der Waals surface area contributed by atoms with Crippen molar-refractivity contribution in [2.24, 2.45) is 5.92 Å². The number of ether oxygens (including phenoxy) is 1. The van der Waals surface area contributed by atoms with Crippen LogP contribution < -0.4 is 15.4 Å². The van der Waals surface area contributed by atoms with Gasteiger partial charge < -0.3 is 20.3 Å². The van der Waals surface area contributed by atoms with Gasteiger partial charge in [0, 0.05) is 12.5 Å². The second-order valence-electron chi connectivity index (χ2n) is 12.2. The molecule has 0 unspecified atom stereocenters. The molecule has 1 aromatic rings. The molecule has 0 spiro atoms. The highest BCUT2D eigenvalue weighted by Crippen LogP contribution is 2.45. The molecule has 224 valence electrons. The van der Waals surface area contributed by atoms with E-state index in [1.165, 1.54) is 4.90 Å². The molecule has 10 nitrogen and oxygen atoms in total. The van der Waals surface area contributed by atoms with E-state index in [0.29, 0.717) is 37.1 Å². The molecule has 11 heteroatoms. The first kappa shape index (κ1) is 30.7. The molecule has 3 aliphatic rings. The van der Waals surface area contributed by atoms with Crippen LogP contribution in [0.4, 0.5) is 4.79 Å². The van der Waals surface area contributed by atoms with Crippen LogP contribution in [0.3, 0.4) is 0 Å². The van der Waals surface area contributed by atoms with Crippen LogP contribution in [0.1, 0.15) is 77.7 Å². The molecule has 0 aromatic heterocycles. The minimum atomic E-state index is -1.79. The van der Waals surface area contributed by atoms with E-state index in [0.717, 1.165) is 31.2 Å². The predicted molar refractivity (Wildman–Crippen MR) is 155 cm³/mol. The summed E-state index contributed by atoms with van der Waals surface area (Å²) in [6, 6.07) is 5.46. The summed E-state index contributed by atoms with van der Waals surface area (Å²) >= 11 is 0. The SMILES string of the molecule is Cc1ccc([S@@](=O)NC(=O)[C@@]23C[C@H]2/C=C\CCCCC[C@H](NC(=O)OC(C)(C)C)C(=O)N2CCC[C@H]2C(=O)N3)cc1. The van der Waals surface area contributed by atoms with Crippen LogP contribution in [-0.2, 0) is 30.1 Å². The summed E-state index contributed by atoms with van der Waals surface area (Å²) in [4.78, 5) is 55.4. The number of hydrogen-bond acceptors (Lipinski definition) is 6. The standard InChI is InChI=1S/C30H42N4O6S/c1-20-14-16-22(17-15-20)41(39)33-27(37)30-19-21(30)11-8-6-5-7-9-12-23(31-28(38)40-29(2,3)4)26(36)34-18-10-13-24(34)25(35)32-30/h8,11,14-17,21,23-24H,5-7,9-10,12-13,18-19H2,1-4H3,(H,31,38)(H,32,35)(H,33,37)/b11-8-/t21-,23+,24+,30-,41-/m1/s1. The zero-order valence-corrected chi connectivity index (χ0v) is 25.2. The zero-order chi connectivity index (χ0) is 29.8. The fourth-order valence-electron chi connectivity index (χ4n) is 5.44. The quantitative estimate of drug-likeness (QED) is 0.463. The van der Waals surface area contributed by atoms with Crippen LogP contribution in [0.15, 0.2) is 41.3 Å². The van der Waals surface area contributed by atoms with Gasteiger partial charge in [-0.2, -0.15) is 0 Å². The first-order valence-electron chi connectivity index (χ1n) is 14.5. The average Bonchev–Trinajstić information content (AvgIpc) is 3.35. The molecule has 2 fully saturated rings. The van der Waals surface area contributed by atoms with Crippen LogP contribution in [0.2, 0.25) is 0 Å². The van der Waals surface area contributed by atoms with Crippen molar-refractivity contribution in [1.82, 2.24) is 20.3 Å². The smallest absolute Gasteiger partial charge is 0.408 e. The molecule has 1 saturated heterocycles. The van der Waals surface area contributed by atoms with E-state index in [1.54, 1.807) is 32.9 Å². The minimum absolute atomic E-state index is 0.237. The fraction of sp³-hybridized carbons (Fsp3) is 0.600. The molecule has 4 amide bonds. The van der Waals surface area contributed by atoms with Gasteiger partial charge in [-0.25, -0.2) is 9.00 Å². The molecule has 5 atom stereocenters. The lowest BCUT2D eigenvalue weighted by Crippen LogP contribution is -2.58. The molecule has 3 N–H and O–H groups in total. The van der Waals surface area contributed by atoms with Gasteiger partial charge in [-0.3, -0.25) is 19.1 Å². The largest absolute Gasteiger partial charge is 0.444 e. The van der Waals surface area contributed by atoms with Gasteiger partial charge in [-0.05, 0) is 78.4 Å². The van der Waals surface area contributed by atoms with Crippen molar-refractivity contribution < 1.29 is 28.1 Å². The van der Waals surface area contributed by atoms with Gasteiger partial charge in [0.15, 0.2) is 11.0 Å². The number of benzene rings is 1. The van der Waals surface area contributed by atoms with Gasteiger partial charge >= 0.3 is 6.09 Å². The fourth-order valence-corrected chi connectivity index (χ4v) is 6.29. The van der Waals surface area contributed by atoms with E-state index in [2.05, 4.69) is 15.4 Å². The van der Waals surface area contributed by atoms with E-state index < -0.39 is 52.1 Å². The molecule has 0 bridgehead atoms. The number of allylic oxidation sites excluding steroid dienone is 1. The Balaban J connectivity index is 1.53. The second-order valence-corrected chi connectivity index (χ2v) is 13.5. The summed E-state index contributed by atoms with van der Waals surface area (Å²) in [7, 11) is -1.79. The number of alkyl carbamates (subject to hydrolysis) is 1. The third-order valence-electron chi connectivity index (χ3n) is 7.75. The van der Waals surface area contributed by atoms with Crippen LogP contribution in [0.5, 0.6) is 0 Å². The van der Waals surface area contributed by atoms with Gasteiger partial charge in [-0.1, -0.05) is 42.7 Å². The number of rotatable bonds is 4. The average molecular weight is 587 g/mol. The first-order chi connectivity index (χ1) is 19.4. The predicted octanol–water partition coefficient (Wildman–Crippen LogP) is 3.41. The van der Waals surface area contributed by atoms with E-state index in [-0.39, 0.29) is 11.8 Å². The Bertz CT molecular complexity index is 1210. The van der Waals surface area contributed by atoms with Crippen molar-refractivity contribution in [3.63, 3.8) is 0 Å². The summed E-state index contributed by atoms with van der Waals surface area (Å²) in [5, 5.41) is 5.67. The van der Waals surface area contributed by atoms with Crippen molar-refractivity contribution in [2.45, 2.75) is 107 Å². The lowest BCUT2D eigenvalue weighted by molar-refractivity contribution is -0.141. The molecular formula is C30H42N4O6S. The number of aryl methyl sites for hydroxylation is 1. The molecule has 2 heterocycles. The van der Waals surface area contributed by atoms with E-state index in [9.17, 15) is 23.4 Å². The molecule has 4 rings (SSSR count). The number of nitrogens with zero attached hydrogens (tertiary/aromatic N) is 1. The Kier molecular flexibility index (Phi) is 9.56. The Morgan fingerprint density at radius 3 is 2.51 bits per heavy atom. The zero-order valence-electron chi connectivity index (χ0n) is 24.4. The lowest BCUT2D eigenvalue weighted by atomic mass is 10.0. The maximum absolute atomic E-state index is 13.7. The molecule has 1 aromatic carbocycles. The van der Waals surface area contributed by atoms with Crippen LogP contribution >= 0.6 is 0 Å². The summed E-state index contributed by atoms with van der Waals surface area (Å²) in [5.41, 5.74) is -0.940. The Morgan fingerprint density at radius 1 is 1.07 bits per heavy atom.